The fraction of sp³-hybridized carbons (Fsp3) is 0.440. The van der Waals surface area contributed by atoms with E-state index in [2.05, 4.69) is 13.0 Å². The largest absolute Gasteiger partial charge is 0.479 e. The summed E-state index contributed by atoms with van der Waals surface area (Å²) in [6.07, 6.45) is 9.17. The molecule has 4 heteroatoms. The number of benzene rings is 2. The molecule has 0 bridgehead atoms. The Morgan fingerprint density at radius 2 is 1.41 bits per heavy atom. The highest BCUT2D eigenvalue weighted by Crippen LogP contribution is 2.24. The molecule has 0 aromatic heterocycles. The summed E-state index contributed by atoms with van der Waals surface area (Å²) in [5, 5.41) is 18.3. The zero-order chi connectivity index (χ0) is 20.9. The van der Waals surface area contributed by atoms with E-state index in [1.165, 1.54) is 32.1 Å². The molecule has 0 heterocycles. The molecule has 0 spiro atoms. The van der Waals surface area contributed by atoms with Crippen LogP contribution in [0.5, 0.6) is 5.75 Å². The van der Waals surface area contributed by atoms with Gasteiger partial charge in [-0.15, -0.1) is 0 Å². The number of carbonyl (C=O) groups is 1. The lowest BCUT2D eigenvalue weighted by Gasteiger charge is -2.15. The molecule has 0 aliphatic heterocycles. The third-order valence-electron chi connectivity index (χ3n) is 5.08. The van der Waals surface area contributed by atoms with Crippen molar-refractivity contribution in [1.82, 2.24) is 0 Å². The third kappa shape index (κ3) is 7.99. The third-order valence-corrected chi connectivity index (χ3v) is 5.08. The minimum Gasteiger partial charge on any atom is -0.479 e. The quantitative estimate of drug-likeness (QED) is 0.390. The number of aliphatic carboxylic acids is 1. The minimum atomic E-state index is -0.913. The summed E-state index contributed by atoms with van der Waals surface area (Å²) < 4.78 is 5.72. The summed E-state index contributed by atoms with van der Waals surface area (Å²) in [4.78, 5) is 11.5. The fourth-order valence-electron chi connectivity index (χ4n) is 3.32. The van der Waals surface area contributed by atoms with Crippen LogP contribution in [0.3, 0.4) is 0 Å². The molecule has 0 saturated heterocycles. The fourth-order valence-corrected chi connectivity index (χ4v) is 3.32. The van der Waals surface area contributed by atoms with Gasteiger partial charge in [0, 0.05) is 0 Å². The van der Waals surface area contributed by atoms with Crippen molar-refractivity contribution in [3.63, 3.8) is 0 Å². The van der Waals surface area contributed by atoms with Gasteiger partial charge in [-0.1, -0.05) is 76.1 Å². The highest BCUT2D eigenvalue weighted by Gasteiger charge is 2.18. The Kier molecular flexibility index (Phi) is 9.78. The van der Waals surface area contributed by atoms with Crippen LogP contribution in [0.25, 0.3) is 11.1 Å². The molecule has 29 heavy (non-hydrogen) atoms. The Bertz CT molecular complexity index is 775. The highest BCUT2D eigenvalue weighted by molar-refractivity contribution is 5.73. The average molecular weight is 394 g/mol. The topological polar surface area (TPSA) is 70.3 Å². The van der Waals surface area contributed by atoms with Crippen molar-refractivity contribution in [3.05, 3.63) is 54.1 Å². The van der Waals surface area contributed by atoms with Crippen LogP contribution in [0.2, 0.25) is 0 Å². The van der Waals surface area contributed by atoms with Gasteiger partial charge in [-0.05, 0) is 48.2 Å². The van der Waals surface area contributed by atoms with Gasteiger partial charge in [-0.25, -0.2) is 4.79 Å². The van der Waals surface area contributed by atoms with E-state index >= 15 is 0 Å². The first kappa shape index (κ1) is 22.5. The standard InChI is InChI=1S/C25H31NO3/c1-2-3-4-5-6-7-8-9-10-24(25(27)28)29-23-17-15-22(16-18-23)21-13-11-20(19-26)12-14-21/h11-18,24H,2-10H2,1H3,(H,27,28). The van der Waals surface area contributed by atoms with Gasteiger partial charge in [0.15, 0.2) is 6.10 Å². The van der Waals surface area contributed by atoms with Crippen LogP contribution in [0.1, 0.15) is 70.3 Å². The SMILES string of the molecule is CCCCCCCCCCC(Oc1ccc(-c2ccc(C#N)cc2)cc1)C(=O)O. The number of carboxylic acid groups (broad SMARTS) is 1. The summed E-state index contributed by atoms with van der Waals surface area (Å²) in [6.45, 7) is 2.21. The van der Waals surface area contributed by atoms with Crippen LogP contribution < -0.4 is 4.74 Å². The zero-order valence-electron chi connectivity index (χ0n) is 17.3. The van der Waals surface area contributed by atoms with E-state index in [0.29, 0.717) is 17.7 Å². The molecule has 154 valence electrons. The van der Waals surface area contributed by atoms with Gasteiger partial charge in [-0.3, -0.25) is 0 Å². The molecule has 1 unspecified atom stereocenters. The Hall–Kier alpha value is -2.80. The van der Waals surface area contributed by atoms with Gasteiger partial charge in [0.1, 0.15) is 5.75 Å². The molecule has 0 aliphatic carbocycles. The molecule has 1 N–H and O–H groups in total. The predicted octanol–water partition coefficient (Wildman–Crippen LogP) is 6.59. The van der Waals surface area contributed by atoms with Crippen molar-refractivity contribution in [2.45, 2.75) is 70.8 Å². The van der Waals surface area contributed by atoms with Crippen molar-refractivity contribution < 1.29 is 14.6 Å². The first-order valence-electron chi connectivity index (χ1n) is 10.6. The van der Waals surface area contributed by atoms with Crippen molar-refractivity contribution in [2.75, 3.05) is 0 Å². The number of ether oxygens (including phenoxy) is 1. The zero-order valence-corrected chi connectivity index (χ0v) is 17.3. The lowest BCUT2D eigenvalue weighted by atomic mass is 10.0. The minimum absolute atomic E-state index is 0.529. The Balaban J connectivity index is 1.80. The van der Waals surface area contributed by atoms with Gasteiger partial charge in [0.05, 0.1) is 11.6 Å². The Labute approximate surface area is 174 Å². The van der Waals surface area contributed by atoms with Crippen molar-refractivity contribution in [2.24, 2.45) is 0 Å². The molecule has 0 saturated carbocycles. The van der Waals surface area contributed by atoms with Crippen LogP contribution in [0.4, 0.5) is 0 Å². The van der Waals surface area contributed by atoms with Crippen molar-refractivity contribution in [3.8, 4) is 22.9 Å². The Morgan fingerprint density at radius 3 is 1.93 bits per heavy atom. The van der Waals surface area contributed by atoms with E-state index in [-0.39, 0.29) is 0 Å². The first-order valence-corrected chi connectivity index (χ1v) is 10.6. The Morgan fingerprint density at radius 1 is 0.897 bits per heavy atom. The number of carboxylic acids is 1. The van der Waals surface area contributed by atoms with Gasteiger partial charge in [0.2, 0.25) is 0 Å². The maximum absolute atomic E-state index is 11.5. The van der Waals surface area contributed by atoms with Gasteiger partial charge < -0.3 is 9.84 Å². The van der Waals surface area contributed by atoms with Crippen LogP contribution in [-0.2, 0) is 4.79 Å². The molecule has 0 fully saturated rings. The number of nitrogens with zero attached hydrogens (tertiary/aromatic N) is 1. The van der Waals surface area contributed by atoms with Crippen LogP contribution in [0, 0.1) is 11.3 Å². The predicted molar refractivity (Wildman–Crippen MR) is 116 cm³/mol. The second-order valence-corrected chi connectivity index (χ2v) is 7.42. The van der Waals surface area contributed by atoms with E-state index in [1.54, 1.807) is 24.3 Å². The first-order chi connectivity index (χ1) is 14.1. The average Bonchev–Trinajstić information content (AvgIpc) is 2.75. The molecule has 1 atom stereocenters. The van der Waals surface area contributed by atoms with E-state index < -0.39 is 12.1 Å². The van der Waals surface area contributed by atoms with E-state index in [1.807, 2.05) is 24.3 Å². The lowest BCUT2D eigenvalue weighted by molar-refractivity contribution is -0.145. The maximum atomic E-state index is 11.5. The molecule has 2 aromatic carbocycles. The lowest BCUT2D eigenvalue weighted by Crippen LogP contribution is -2.26. The van der Waals surface area contributed by atoms with Crippen LogP contribution in [-0.4, -0.2) is 17.2 Å². The van der Waals surface area contributed by atoms with E-state index in [0.717, 1.165) is 30.4 Å². The van der Waals surface area contributed by atoms with Gasteiger partial charge >= 0.3 is 5.97 Å². The molecular weight excluding hydrogens is 362 g/mol. The smallest absolute Gasteiger partial charge is 0.344 e. The number of hydrogen-bond acceptors (Lipinski definition) is 3. The molecular formula is C25H31NO3. The highest BCUT2D eigenvalue weighted by atomic mass is 16.5. The second-order valence-electron chi connectivity index (χ2n) is 7.42. The molecule has 0 amide bonds. The maximum Gasteiger partial charge on any atom is 0.344 e. The number of rotatable bonds is 13. The summed E-state index contributed by atoms with van der Waals surface area (Å²) in [5.74, 6) is -0.349. The number of hydrogen-bond donors (Lipinski definition) is 1. The van der Waals surface area contributed by atoms with Gasteiger partial charge in [0.25, 0.3) is 0 Å². The molecule has 2 aromatic rings. The van der Waals surface area contributed by atoms with Crippen molar-refractivity contribution >= 4 is 5.97 Å². The van der Waals surface area contributed by atoms with E-state index in [4.69, 9.17) is 10.00 Å². The molecule has 0 radical (unpaired) electrons. The number of nitriles is 1. The summed E-state index contributed by atoms with van der Waals surface area (Å²) >= 11 is 0. The van der Waals surface area contributed by atoms with Crippen molar-refractivity contribution in [1.29, 1.82) is 5.26 Å². The monoisotopic (exact) mass is 393 g/mol. The van der Waals surface area contributed by atoms with E-state index in [9.17, 15) is 9.90 Å². The molecule has 4 nitrogen and oxygen atoms in total. The summed E-state index contributed by atoms with van der Waals surface area (Å²) in [5.41, 5.74) is 2.63. The second kappa shape index (κ2) is 12.6. The van der Waals surface area contributed by atoms with Crippen LogP contribution >= 0.6 is 0 Å². The van der Waals surface area contributed by atoms with Crippen LogP contribution in [0.15, 0.2) is 48.5 Å². The summed E-state index contributed by atoms with van der Waals surface area (Å²) in [7, 11) is 0. The summed E-state index contributed by atoms with van der Waals surface area (Å²) in [6, 6.07) is 16.9. The number of unbranched alkanes of at least 4 members (excludes halogenated alkanes) is 7. The molecule has 0 aliphatic rings. The molecule has 2 rings (SSSR count). The van der Waals surface area contributed by atoms with Gasteiger partial charge in [-0.2, -0.15) is 5.26 Å². The normalized spacial score (nSPS) is 11.6.